The van der Waals surface area contributed by atoms with Crippen molar-refractivity contribution in [2.45, 2.75) is 6.04 Å². The van der Waals surface area contributed by atoms with Crippen LogP contribution in [0.5, 0.6) is 0 Å². The molecule has 1 fully saturated rings. The molecule has 0 saturated carbocycles. The number of halogens is 1. The van der Waals surface area contributed by atoms with Gasteiger partial charge in [0.2, 0.25) is 0 Å². The Kier molecular flexibility index (Phi) is 5.07. The van der Waals surface area contributed by atoms with Crippen LogP contribution < -0.4 is 4.90 Å². The summed E-state index contributed by atoms with van der Waals surface area (Å²) in [6, 6.07) is 23.1. The zero-order chi connectivity index (χ0) is 22.2. The number of carbonyl (C=O) groups is 2. The molecule has 1 aliphatic heterocycles. The number of hydrogen-bond donors (Lipinski definition) is 1. The molecule has 1 aliphatic rings. The Morgan fingerprint density at radius 1 is 0.875 bits per heavy atom. The highest BCUT2D eigenvalue weighted by Gasteiger charge is 2.47. The predicted octanol–water partition coefficient (Wildman–Crippen LogP) is 5.62. The highest BCUT2D eigenvalue weighted by atomic mass is 79.9. The van der Waals surface area contributed by atoms with Crippen molar-refractivity contribution in [3.8, 4) is 0 Å². The molecule has 5 nitrogen and oxygen atoms in total. The molecule has 32 heavy (non-hydrogen) atoms. The van der Waals surface area contributed by atoms with Gasteiger partial charge in [-0.25, -0.2) is 0 Å². The molecule has 0 bridgehead atoms. The second-order valence-electron chi connectivity index (χ2n) is 7.49. The van der Waals surface area contributed by atoms with E-state index in [1.165, 1.54) is 4.90 Å². The molecule has 156 valence electrons. The Morgan fingerprint density at radius 3 is 2.38 bits per heavy atom. The van der Waals surface area contributed by atoms with Crippen LogP contribution in [0.3, 0.4) is 0 Å². The third kappa shape index (κ3) is 3.39. The van der Waals surface area contributed by atoms with Crippen LogP contribution in [0, 0.1) is 0 Å². The predicted molar refractivity (Wildman–Crippen MR) is 127 cm³/mol. The number of rotatable bonds is 3. The van der Waals surface area contributed by atoms with E-state index < -0.39 is 17.7 Å². The van der Waals surface area contributed by atoms with Crippen LogP contribution in [0.4, 0.5) is 5.69 Å². The van der Waals surface area contributed by atoms with Crippen molar-refractivity contribution >= 4 is 49.8 Å². The number of aliphatic hydroxyl groups is 1. The maximum absolute atomic E-state index is 13.2. The molecule has 1 N–H and O–H groups in total. The van der Waals surface area contributed by atoms with Crippen molar-refractivity contribution in [1.29, 1.82) is 0 Å². The van der Waals surface area contributed by atoms with Crippen LogP contribution in [0.1, 0.15) is 17.2 Å². The molecule has 2 heterocycles. The van der Waals surface area contributed by atoms with Crippen LogP contribution in [0.15, 0.2) is 101 Å². The Balaban J connectivity index is 1.73. The van der Waals surface area contributed by atoms with E-state index in [1.54, 1.807) is 48.8 Å². The van der Waals surface area contributed by atoms with Crippen LogP contribution in [-0.2, 0) is 9.59 Å². The number of anilines is 1. The first kappa shape index (κ1) is 20.2. The fourth-order valence-electron chi connectivity index (χ4n) is 4.08. The lowest BCUT2D eigenvalue weighted by atomic mass is 9.95. The van der Waals surface area contributed by atoms with Crippen molar-refractivity contribution in [2.75, 3.05) is 4.90 Å². The molecule has 0 radical (unpaired) electrons. The van der Waals surface area contributed by atoms with Crippen molar-refractivity contribution in [2.24, 2.45) is 0 Å². The summed E-state index contributed by atoms with van der Waals surface area (Å²) in [6.07, 6.45) is 3.21. The SMILES string of the molecule is O=C1C(=O)N(c2cccc(Br)c2)C(c2ccncc2)/C1=C(/O)c1ccc2ccccc2c1. The quantitative estimate of drug-likeness (QED) is 0.232. The molecule has 0 aliphatic carbocycles. The van der Waals surface area contributed by atoms with E-state index in [2.05, 4.69) is 20.9 Å². The smallest absolute Gasteiger partial charge is 0.300 e. The van der Waals surface area contributed by atoms with Crippen molar-refractivity contribution in [3.05, 3.63) is 112 Å². The number of aromatic nitrogens is 1. The lowest BCUT2D eigenvalue weighted by molar-refractivity contribution is -0.132. The average Bonchev–Trinajstić information content (AvgIpc) is 3.09. The summed E-state index contributed by atoms with van der Waals surface area (Å²) >= 11 is 3.43. The van der Waals surface area contributed by atoms with Gasteiger partial charge in [0, 0.05) is 28.1 Å². The molecule has 1 atom stereocenters. The number of pyridine rings is 1. The number of hydrogen-bond acceptors (Lipinski definition) is 4. The van der Waals surface area contributed by atoms with Gasteiger partial charge in [0.05, 0.1) is 11.6 Å². The second-order valence-corrected chi connectivity index (χ2v) is 8.41. The number of carbonyl (C=O) groups excluding carboxylic acids is 2. The molecule has 3 aromatic carbocycles. The van der Waals surface area contributed by atoms with Crippen molar-refractivity contribution < 1.29 is 14.7 Å². The molecule has 1 unspecified atom stereocenters. The first-order chi connectivity index (χ1) is 15.5. The molecule has 1 aromatic heterocycles. The van der Waals surface area contributed by atoms with Gasteiger partial charge >= 0.3 is 0 Å². The largest absolute Gasteiger partial charge is 0.507 e. The van der Waals surface area contributed by atoms with E-state index in [0.717, 1.165) is 15.2 Å². The summed E-state index contributed by atoms with van der Waals surface area (Å²) < 4.78 is 0.778. The molecular formula is C26H17BrN2O3. The van der Waals surface area contributed by atoms with Crippen LogP contribution >= 0.6 is 15.9 Å². The number of aliphatic hydroxyl groups excluding tert-OH is 1. The van der Waals surface area contributed by atoms with Crippen molar-refractivity contribution in [3.63, 3.8) is 0 Å². The van der Waals surface area contributed by atoms with E-state index in [0.29, 0.717) is 16.8 Å². The van der Waals surface area contributed by atoms with Gasteiger partial charge in [0.1, 0.15) is 5.76 Å². The Bertz CT molecular complexity index is 1400. The molecular weight excluding hydrogens is 468 g/mol. The Morgan fingerprint density at radius 2 is 1.62 bits per heavy atom. The van der Waals surface area contributed by atoms with Crippen LogP contribution in [0.2, 0.25) is 0 Å². The number of amides is 1. The summed E-state index contributed by atoms with van der Waals surface area (Å²) in [5.74, 6) is -1.61. The first-order valence-electron chi connectivity index (χ1n) is 10.0. The van der Waals surface area contributed by atoms with E-state index in [-0.39, 0.29) is 11.3 Å². The highest BCUT2D eigenvalue weighted by Crippen LogP contribution is 2.42. The number of nitrogens with zero attached hydrogens (tertiary/aromatic N) is 2. The fourth-order valence-corrected chi connectivity index (χ4v) is 4.47. The van der Waals surface area contributed by atoms with E-state index in [9.17, 15) is 14.7 Å². The maximum atomic E-state index is 13.2. The van der Waals surface area contributed by atoms with E-state index >= 15 is 0 Å². The van der Waals surface area contributed by atoms with Gasteiger partial charge in [0.25, 0.3) is 11.7 Å². The van der Waals surface area contributed by atoms with Crippen molar-refractivity contribution in [1.82, 2.24) is 4.98 Å². The van der Waals surface area contributed by atoms with Gasteiger partial charge in [-0.15, -0.1) is 0 Å². The minimum atomic E-state index is -0.779. The van der Waals surface area contributed by atoms with Gasteiger partial charge in [-0.3, -0.25) is 19.5 Å². The van der Waals surface area contributed by atoms with Crippen LogP contribution in [-0.4, -0.2) is 21.8 Å². The minimum Gasteiger partial charge on any atom is -0.507 e. The molecule has 1 amide bonds. The number of fused-ring (bicyclic) bond motifs is 1. The maximum Gasteiger partial charge on any atom is 0.300 e. The summed E-state index contributed by atoms with van der Waals surface area (Å²) in [5, 5.41) is 13.2. The summed E-state index contributed by atoms with van der Waals surface area (Å²) in [4.78, 5) is 31.8. The standard InChI is InChI=1S/C26H17BrN2O3/c27-20-6-3-7-21(15-20)29-23(17-10-12-28-13-11-17)22(25(31)26(29)32)24(30)19-9-8-16-4-1-2-5-18(16)14-19/h1-15,23,30H/b24-22-. The average molecular weight is 485 g/mol. The Hall–Kier alpha value is -3.77. The normalized spacial score (nSPS) is 17.8. The molecule has 4 aromatic rings. The van der Waals surface area contributed by atoms with Gasteiger partial charge < -0.3 is 5.11 Å². The molecule has 5 rings (SSSR count). The number of Topliss-reactive ketones (excluding diaryl/α,β-unsaturated/α-hetero) is 1. The lowest BCUT2D eigenvalue weighted by Crippen LogP contribution is -2.29. The molecule has 1 saturated heterocycles. The number of ketones is 1. The van der Waals surface area contributed by atoms with Gasteiger partial charge in [-0.1, -0.05) is 58.4 Å². The van der Waals surface area contributed by atoms with Gasteiger partial charge in [0.15, 0.2) is 0 Å². The summed E-state index contributed by atoms with van der Waals surface area (Å²) in [7, 11) is 0. The third-order valence-electron chi connectivity index (χ3n) is 5.58. The monoisotopic (exact) mass is 484 g/mol. The third-order valence-corrected chi connectivity index (χ3v) is 6.07. The zero-order valence-corrected chi connectivity index (χ0v) is 18.4. The van der Waals surface area contributed by atoms with Crippen LogP contribution in [0.25, 0.3) is 16.5 Å². The summed E-state index contributed by atoms with van der Waals surface area (Å²) in [5.41, 5.74) is 1.77. The highest BCUT2D eigenvalue weighted by molar-refractivity contribution is 9.10. The fraction of sp³-hybridized carbons (Fsp3) is 0.0385. The molecule has 6 heteroatoms. The summed E-state index contributed by atoms with van der Waals surface area (Å²) in [6.45, 7) is 0. The zero-order valence-electron chi connectivity index (χ0n) is 16.8. The minimum absolute atomic E-state index is 0.0523. The van der Waals surface area contributed by atoms with E-state index in [1.807, 2.05) is 42.5 Å². The first-order valence-corrected chi connectivity index (χ1v) is 10.8. The lowest BCUT2D eigenvalue weighted by Gasteiger charge is -2.25. The van der Waals surface area contributed by atoms with Gasteiger partial charge in [-0.05, 0) is 52.7 Å². The molecule has 0 spiro atoms. The topological polar surface area (TPSA) is 70.5 Å². The number of benzene rings is 3. The van der Waals surface area contributed by atoms with Gasteiger partial charge in [-0.2, -0.15) is 0 Å². The second kappa shape index (κ2) is 8.05. The van der Waals surface area contributed by atoms with E-state index in [4.69, 9.17) is 0 Å². The Labute approximate surface area is 192 Å².